The van der Waals surface area contributed by atoms with E-state index in [4.69, 9.17) is 16.6 Å². The molecule has 1 aromatic heterocycles. The lowest BCUT2D eigenvalue weighted by Gasteiger charge is -2.18. The first-order valence-electron chi connectivity index (χ1n) is 11.2. The first-order valence-corrected chi connectivity index (χ1v) is 12.4. The highest BCUT2D eigenvalue weighted by atomic mass is 79.9. The first-order chi connectivity index (χ1) is 17.4. The van der Waals surface area contributed by atoms with Crippen LogP contribution in [0.4, 0.5) is 17.1 Å². The van der Waals surface area contributed by atoms with E-state index in [2.05, 4.69) is 31.5 Å². The summed E-state index contributed by atoms with van der Waals surface area (Å²) in [4.78, 5) is 30.4. The van der Waals surface area contributed by atoms with E-state index in [9.17, 15) is 14.9 Å². The predicted octanol–water partition coefficient (Wildman–Crippen LogP) is 5.89. The summed E-state index contributed by atoms with van der Waals surface area (Å²) >= 11 is 8.70. The number of aromatic nitrogens is 1. The number of nitro benzene ring substituents is 1. The van der Waals surface area contributed by atoms with Gasteiger partial charge in [0.05, 0.1) is 4.92 Å². The molecule has 0 unspecified atom stereocenters. The van der Waals surface area contributed by atoms with Gasteiger partial charge in [-0.25, -0.2) is 4.98 Å². The molecule has 5 rings (SSSR count). The van der Waals surface area contributed by atoms with Gasteiger partial charge in [-0.3, -0.25) is 20.2 Å². The molecule has 182 valence electrons. The fraction of sp³-hybridized carbons (Fsp3) is 0.160. The molecule has 3 aromatic carbocycles. The fourth-order valence-corrected chi connectivity index (χ4v) is 4.57. The third-order valence-electron chi connectivity index (χ3n) is 5.84. The lowest BCUT2D eigenvalue weighted by atomic mass is 10.1. The van der Waals surface area contributed by atoms with Crippen molar-refractivity contribution in [2.75, 3.05) is 23.3 Å². The summed E-state index contributed by atoms with van der Waals surface area (Å²) in [5, 5.41) is 17.2. The number of anilines is 2. The Hall–Kier alpha value is -3.83. The number of oxazole rings is 1. The van der Waals surface area contributed by atoms with Crippen LogP contribution in [0.25, 0.3) is 22.6 Å². The van der Waals surface area contributed by atoms with Crippen LogP contribution in [-0.4, -0.2) is 34.0 Å². The van der Waals surface area contributed by atoms with Crippen LogP contribution in [0.5, 0.6) is 0 Å². The van der Waals surface area contributed by atoms with Gasteiger partial charge in [0.15, 0.2) is 10.7 Å². The van der Waals surface area contributed by atoms with E-state index in [1.165, 1.54) is 6.07 Å². The van der Waals surface area contributed by atoms with Crippen molar-refractivity contribution in [3.63, 3.8) is 0 Å². The lowest BCUT2D eigenvalue weighted by molar-refractivity contribution is -0.384. The van der Waals surface area contributed by atoms with Gasteiger partial charge in [0.25, 0.3) is 11.6 Å². The van der Waals surface area contributed by atoms with Crippen molar-refractivity contribution >= 4 is 67.3 Å². The molecular formula is C25H20BrN5O4S. The smallest absolute Gasteiger partial charge is 0.293 e. The SMILES string of the molecule is O=C(NC(=S)Nc1ccc2oc(-c3ccc(Br)cc3)nc2c1)c1ccc(N2CCCC2)c([N+](=O)[O-])c1. The van der Waals surface area contributed by atoms with Gasteiger partial charge < -0.3 is 14.6 Å². The second-order valence-corrected chi connectivity index (χ2v) is 9.60. The highest BCUT2D eigenvalue weighted by Crippen LogP contribution is 2.32. The fourth-order valence-electron chi connectivity index (χ4n) is 4.10. The van der Waals surface area contributed by atoms with Crippen LogP contribution in [0.1, 0.15) is 23.2 Å². The minimum Gasteiger partial charge on any atom is -0.436 e. The van der Waals surface area contributed by atoms with Crippen molar-refractivity contribution in [3.05, 3.63) is 80.8 Å². The van der Waals surface area contributed by atoms with E-state index in [1.807, 2.05) is 29.2 Å². The number of nitrogens with zero attached hydrogens (tertiary/aromatic N) is 3. The lowest BCUT2D eigenvalue weighted by Crippen LogP contribution is -2.34. The van der Waals surface area contributed by atoms with Crippen LogP contribution in [0.3, 0.4) is 0 Å². The summed E-state index contributed by atoms with van der Waals surface area (Å²) in [5.41, 5.74) is 3.27. The van der Waals surface area contributed by atoms with Crippen LogP contribution in [0.2, 0.25) is 0 Å². The van der Waals surface area contributed by atoms with Crippen molar-refractivity contribution in [1.29, 1.82) is 0 Å². The number of benzene rings is 3. The molecule has 1 aliphatic heterocycles. The van der Waals surface area contributed by atoms with E-state index in [0.717, 1.165) is 36.0 Å². The maximum Gasteiger partial charge on any atom is 0.293 e. The Bertz CT molecular complexity index is 1480. The van der Waals surface area contributed by atoms with E-state index in [1.54, 1.807) is 30.3 Å². The number of nitrogens with one attached hydrogen (secondary N) is 2. The number of carbonyl (C=O) groups is 1. The summed E-state index contributed by atoms with van der Waals surface area (Å²) in [6.07, 6.45) is 1.98. The summed E-state index contributed by atoms with van der Waals surface area (Å²) in [5.74, 6) is -0.0480. The van der Waals surface area contributed by atoms with Gasteiger partial charge in [-0.1, -0.05) is 15.9 Å². The normalized spacial score (nSPS) is 13.1. The van der Waals surface area contributed by atoms with Crippen molar-refractivity contribution in [1.82, 2.24) is 10.3 Å². The second-order valence-electron chi connectivity index (χ2n) is 8.27. The van der Waals surface area contributed by atoms with Gasteiger partial charge in [0.1, 0.15) is 11.2 Å². The number of amides is 1. The van der Waals surface area contributed by atoms with Gasteiger partial charge in [0.2, 0.25) is 5.89 Å². The Labute approximate surface area is 219 Å². The molecule has 0 radical (unpaired) electrons. The quantitative estimate of drug-likeness (QED) is 0.175. The number of halogens is 1. The molecule has 4 aromatic rings. The van der Waals surface area contributed by atoms with Crippen molar-refractivity contribution in [3.8, 4) is 11.5 Å². The molecule has 11 heteroatoms. The highest BCUT2D eigenvalue weighted by molar-refractivity contribution is 9.10. The molecule has 1 aliphatic rings. The molecule has 0 saturated carbocycles. The zero-order valence-electron chi connectivity index (χ0n) is 18.9. The maximum absolute atomic E-state index is 12.7. The molecule has 0 aliphatic carbocycles. The third-order valence-corrected chi connectivity index (χ3v) is 6.58. The standard InChI is InChI=1S/C25H20BrN5O4S/c26-17-6-3-15(4-7-17)24-28-19-14-18(8-10-22(19)35-24)27-25(36)29-23(32)16-5-9-20(21(13-16)31(33)34)30-11-1-2-12-30/h3-10,13-14H,1-2,11-12H2,(H2,27,29,32,36). The molecule has 0 spiro atoms. The Morgan fingerprint density at radius 3 is 2.56 bits per heavy atom. The average molecular weight is 566 g/mol. The minimum atomic E-state index is -0.538. The van der Waals surface area contributed by atoms with E-state index >= 15 is 0 Å². The molecule has 0 bridgehead atoms. The number of hydrogen-bond donors (Lipinski definition) is 2. The summed E-state index contributed by atoms with van der Waals surface area (Å²) < 4.78 is 6.80. The third kappa shape index (κ3) is 5.07. The maximum atomic E-state index is 12.7. The highest BCUT2D eigenvalue weighted by Gasteiger charge is 2.24. The molecule has 1 saturated heterocycles. The number of nitro groups is 1. The molecule has 1 fully saturated rings. The molecule has 2 N–H and O–H groups in total. The first kappa shape index (κ1) is 23.9. The Balaban J connectivity index is 1.28. The van der Waals surface area contributed by atoms with E-state index in [0.29, 0.717) is 28.4 Å². The topological polar surface area (TPSA) is 114 Å². The zero-order valence-corrected chi connectivity index (χ0v) is 21.3. The van der Waals surface area contributed by atoms with Gasteiger partial charge in [-0.2, -0.15) is 0 Å². The average Bonchev–Trinajstić information content (AvgIpc) is 3.54. The Morgan fingerprint density at radius 2 is 1.83 bits per heavy atom. The molecule has 0 atom stereocenters. The van der Waals surface area contributed by atoms with Crippen molar-refractivity contribution in [2.24, 2.45) is 0 Å². The molecular weight excluding hydrogens is 546 g/mol. The molecule has 2 heterocycles. The number of thiocarbonyl (C=S) groups is 1. The number of carbonyl (C=O) groups excluding carboxylic acids is 1. The van der Waals surface area contributed by atoms with Gasteiger partial charge >= 0.3 is 0 Å². The van der Waals surface area contributed by atoms with E-state index < -0.39 is 10.8 Å². The van der Waals surface area contributed by atoms with Crippen molar-refractivity contribution < 1.29 is 14.1 Å². The Morgan fingerprint density at radius 1 is 1.08 bits per heavy atom. The van der Waals surface area contributed by atoms with Crippen molar-refractivity contribution in [2.45, 2.75) is 12.8 Å². The number of rotatable bonds is 5. The van der Waals surface area contributed by atoms with E-state index in [-0.39, 0.29) is 16.4 Å². The van der Waals surface area contributed by atoms with Crippen LogP contribution >= 0.6 is 28.1 Å². The van der Waals surface area contributed by atoms with Crippen LogP contribution < -0.4 is 15.5 Å². The number of hydrogen-bond acceptors (Lipinski definition) is 7. The van der Waals surface area contributed by atoms with Crippen LogP contribution in [-0.2, 0) is 0 Å². The van der Waals surface area contributed by atoms with Gasteiger partial charge in [-0.15, -0.1) is 0 Å². The van der Waals surface area contributed by atoms with Crippen LogP contribution in [0, 0.1) is 10.1 Å². The monoisotopic (exact) mass is 565 g/mol. The minimum absolute atomic E-state index is 0.0576. The molecule has 36 heavy (non-hydrogen) atoms. The summed E-state index contributed by atoms with van der Waals surface area (Å²) in [6.45, 7) is 1.53. The molecule has 1 amide bonds. The van der Waals surface area contributed by atoms with Crippen LogP contribution in [0.15, 0.2) is 69.6 Å². The summed E-state index contributed by atoms with van der Waals surface area (Å²) in [6, 6.07) is 17.4. The Kier molecular flexibility index (Phi) is 6.66. The zero-order chi connectivity index (χ0) is 25.2. The summed E-state index contributed by atoms with van der Waals surface area (Å²) in [7, 11) is 0. The predicted molar refractivity (Wildman–Crippen MR) is 145 cm³/mol. The molecule has 9 nitrogen and oxygen atoms in total. The second kappa shape index (κ2) is 10.0. The largest absolute Gasteiger partial charge is 0.436 e. The number of fused-ring (bicyclic) bond motifs is 1. The van der Waals surface area contributed by atoms with Gasteiger partial charge in [0, 0.05) is 40.4 Å². The van der Waals surface area contributed by atoms with Gasteiger partial charge in [-0.05, 0) is 79.7 Å².